The van der Waals surface area contributed by atoms with E-state index in [1.807, 2.05) is 48.5 Å². The van der Waals surface area contributed by atoms with Crippen molar-refractivity contribution < 1.29 is 14.4 Å². The normalized spacial score (nSPS) is 13.1. The predicted octanol–water partition coefficient (Wildman–Crippen LogP) is 4.64. The molecule has 3 aromatic carbocycles. The van der Waals surface area contributed by atoms with Crippen LogP contribution in [0.25, 0.3) is 10.8 Å². The molecule has 0 bridgehead atoms. The van der Waals surface area contributed by atoms with Gasteiger partial charge in [-0.2, -0.15) is 0 Å². The second-order valence-corrected chi connectivity index (χ2v) is 7.67. The van der Waals surface area contributed by atoms with Crippen LogP contribution in [-0.2, 0) is 4.79 Å². The lowest BCUT2D eigenvalue weighted by molar-refractivity contribution is -0.118. The molecule has 0 aromatic heterocycles. The first-order valence-electron chi connectivity index (χ1n) is 9.45. The van der Waals surface area contributed by atoms with Gasteiger partial charge < -0.3 is 4.90 Å². The van der Waals surface area contributed by atoms with Gasteiger partial charge in [-0.05, 0) is 35.7 Å². The van der Waals surface area contributed by atoms with E-state index in [-0.39, 0.29) is 30.8 Å². The molecule has 0 unspecified atom stereocenters. The number of hydrogen-bond acceptors (Lipinski definition) is 3. The fraction of sp³-hybridized carbons (Fsp3) is 0.174. The minimum absolute atomic E-state index is 0.0560. The van der Waals surface area contributed by atoms with Crippen molar-refractivity contribution in [1.29, 1.82) is 0 Å². The zero-order valence-electron chi connectivity index (χ0n) is 15.9. The average Bonchev–Trinajstić information content (AvgIpc) is 2.75. The van der Waals surface area contributed by atoms with Crippen LogP contribution in [0.3, 0.4) is 0 Å². The number of carbonyl (C=O) groups is 3. The van der Waals surface area contributed by atoms with Gasteiger partial charge in [-0.3, -0.25) is 19.3 Å². The molecule has 0 N–H and O–H groups in total. The summed E-state index contributed by atoms with van der Waals surface area (Å²) >= 11 is 3.49. The summed E-state index contributed by atoms with van der Waals surface area (Å²) in [6, 6.07) is 18.3. The zero-order chi connectivity index (χ0) is 20.5. The van der Waals surface area contributed by atoms with E-state index in [1.54, 1.807) is 24.0 Å². The highest BCUT2D eigenvalue weighted by Gasteiger charge is 2.33. The van der Waals surface area contributed by atoms with Crippen LogP contribution < -0.4 is 4.90 Å². The van der Waals surface area contributed by atoms with Crippen molar-refractivity contribution >= 4 is 50.1 Å². The third kappa shape index (κ3) is 3.34. The first kappa shape index (κ1) is 19.3. The quantitative estimate of drug-likeness (QED) is 0.531. The molecule has 0 saturated carbocycles. The van der Waals surface area contributed by atoms with Crippen LogP contribution >= 0.6 is 15.9 Å². The maximum absolute atomic E-state index is 13.1. The largest absolute Gasteiger partial charge is 0.311 e. The topological polar surface area (TPSA) is 57.7 Å². The van der Waals surface area contributed by atoms with Crippen LogP contribution in [0.1, 0.15) is 34.1 Å². The van der Waals surface area contributed by atoms with Crippen molar-refractivity contribution in [2.75, 3.05) is 18.0 Å². The van der Waals surface area contributed by atoms with E-state index in [9.17, 15) is 14.4 Å². The van der Waals surface area contributed by atoms with Gasteiger partial charge >= 0.3 is 0 Å². The Balaban J connectivity index is 1.66. The number of benzene rings is 3. The van der Waals surface area contributed by atoms with E-state index in [1.165, 1.54) is 4.90 Å². The third-order valence-electron chi connectivity index (χ3n) is 5.16. The number of hydrogen-bond donors (Lipinski definition) is 0. The number of halogens is 1. The molecule has 3 amide bonds. The summed E-state index contributed by atoms with van der Waals surface area (Å²) in [5.74, 6) is -0.717. The molecular weight excluding hydrogens is 432 g/mol. The first-order chi connectivity index (χ1) is 14.0. The molecule has 1 heterocycles. The van der Waals surface area contributed by atoms with Crippen molar-refractivity contribution in [3.8, 4) is 0 Å². The number of para-hydroxylation sites is 1. The van der Waals surface area contributed by atoms with E-state index in [4.69, 9.17) is 0 Å². The minimum atomic E-state index is -0.330. The molecule has 3 aromatic rings. The number of imide groups is 1. The summed E-state index contributed by atoms with van der Waals surface area (Å²) in [6.45, 7) is 2.17. The molecule has 5 nitrogen and oxygen atoms in total. The van der Waals surface area contributed by atoms with Crippen molar-refractivity contribution in [1.82, 2.24) is 4.90 Å². The second-order valence-electron chi connectivity index (χ2n) is 6.82. The molecule has 1 aliphatic heterocycles. The molecule has 29 heavy (non-hydrogen) atoms. The van der Waals surface area contributed by atoms with E-state index in [2.05, 4.69) is 15.9 Å². The molecule has 0 atom stereocenters. The molecule has 1 aliphatic rings. The summed E-state index contributed by atoms with van der Waals surface area (Å²) in [5, 5.41) is 1.52. The standard InChI is InChI=1S/C23H19BrN2O3/c1-2-20(27)25(15-7-4-3-5-8-15)13-14-26-22(28)17-10-6-9-16-19(24)12-11-18(21(16)17)23(26)29/h3-12H,2,13-14H2,1H3. The average molecular weight is 451 g/mol. The van der Waals surface area contributed by atoms with E-state index in [0.717, 1.165) is 15.5 Å². The van der Waals surface area contributed by atoms with E-state index < -0.39 is 0 Å². The number of nitrogens with zero attached hydrogens (tertiary/aromatic N) is 2. The summed E-state index contributed by atoms with van der Waals surface area (Å²) in [5.41, 5.74) is 1.76. The van der Waals surface area contributed by atoms with Crippen LogP contribution in [0.4, 0.5) is 5.69 Å². The number of carbonyl (C=O) groups excluding carboxylic acids is 3. The number of rotatable bonds is 5. The Labute approximate surface area is 177 Å². The highest BCUT2D eigenvalue weighted by Crippen LogP contribution is 2.34. The Kier molecular flexibility index (Phi) is 5.20. The van der Waals surface area contributed by atoms with Gasteiger partial charge in [0, 0.05) is 46.2 Å². The SMILES string of the molecule is CCC(=O)N(CCN1C(=O)c2cccc3c(Br)ccc(c23)C1=O)c1ccccc1. The van der Waals surface area contributed by atoms with Crippen LogP contribution in [0.15, 0.2) is 65.1 Å². The van der Waals surface area contributed by atoms with Gasteiger partial charge in [0.05, 0.1) is 0 Å². The second kappa shape index (κ2) is 7.79. The zero-order valence-corrected chi connectivity index (χ0v) is 17.5. The van der Waals surface area contributed by atoms with Gasteiger partial charge in [0.1, 0.15) is 0 Å². The Bertz CT molecular complexity index is 1110. The lowest BCUT2D eigenvalue weighted by Gasteiger charge is -2.30. The van der Waals surface area contributed by atoms with Crippen LogP contribution in [0, 0.1) is 0 Å². The van der Waals surface area contributed by atoms with Gasteiger partial charge in [0.2, 0.25) is 5.91 Å². The van der Waals surface area contributed by atoms with Crippen molar-refractivity contribution in [2.45, 2.75) is 13.3 Å². The molecule has 0 saturated heterocycles. The number of amides is 3. The number of anilines is 1. The summed E-state index contributed by atoms with van der Waals surface area (Å²) in [4.78, 5) is 41.5. The molecule has 0 spiro atoms. The van der Waals surface area contributed by atoms with Gasteiger partial charge in [-0.1, -0.05) is 53.2 Å². The van der Waals surface area contributed by atoms with Crippen LogP contribution in [0.2, 0.25) is 0 Å². The minimum Gasteiger partial charge on any atom is -0.311 e. The molecule has 6 heteroatoms. The molecule has 0 aliphatic carbocycles. The summed E-state index contributed by atoms with van der Waals surface area (Å²) in [7, 11) is 0. The van der Waals surface area contributed by atoms with Gasteiger partial charge in [0.25, 0.3) is 11.8 Å². The third-order valence-corrected chi connectivity index (χ3v) is 5.85. The molecule has 0 fully saturated rings. The Morgan fingerprint density at radius 2 is 1.62 bits per heavy atom. The first-order valence-corrected chi connectivity index (χ1v) is 10.2. The Hall–Kier alpha value is -2.99. The highest BCUT2D eigenvalue weighted by atomic mass is 79.9. The van der Waals surface area contributed by atoms with Gasteiger partial charge in [-0.25, -0.2) is 0 Å². The molecular formula is C23H19BrN2O3. The fourth-order valence-electron chi connectivity index (χ4n) is 3.71. The summed E-state index contributed by atoms with van der Waals surface area (Å²) < 4.78 is 0.843. The molecule has 146 valence electrons. The van der Waals surface area contributed by atoms with E-state index in [0.29, 0.717) is 22.9 Å². The highest BCUT2D eigenvalue weighted by molar-refractivity contribution is 9.10. The Morgan fingerprint density at radius 1 is 0.931 bits per heavy atom. The fourth-order valence-corrected chi connectivity index (χ4v) is 4.17. The van der Waals surface area contributed by atoms with Crippen LogP contribution in [-0.4, -0.2) is 35.7 Å². The monoisotopic (exact) mass is 450 g/mol. The van der Waals surface area contributed by atoms with E-state index >= 15 is 0 Å². The van der Waals surface area contributed by atoms with Crippen molar-refractivity contribution in [3.63, 3.8) is 0 Å². The van der Waals surface area contributed by atoms with Crippen LogP contribution in [0.5, 0.6) is 0 Å². The maximum atomic E-state index is 13.1. The maximum Gasteiger partial charge on any atom is 0.261 e. The smallest absolute Gasteiger partial charge is 0.261 e. The lowest BCUT2D eigenvalue weighted by atomic mass is 9.94. The lowest BCUT2D eigenvalue weighted by Crippen LogP contribution is -2.45. The van der Waals surface area contributed by atoms with Crippen molar-refractivity contribution in [2.24, 2.45) is 0 Å². The summed E-state index contributed by atoms with van der Waals surface area (Å²) in [6.07, 6.45) is 0.340. The molecule has 0 radical (unpaired) electrons. The molecule has 4 rings (SSSR count). The predicted molar refractivity (Wildman–Crippen MR) is 116 cm³/mol. The Morgan fingerprint density at radius 3 is 2.31 bits per heavy atom. The van der Waals surface area contributed by atoms with Crippen molar-refractivity contribution in [3.05, 3.63) is 76.3 Å². The van der Waals surface area contributed by atoms with Gasteiger partial charge in [0.15, 0.2) is 0 Å². The van der Waals surface area contributed by atoms with Gasteiger partial charge in [-0.15, -0.1) is 0 Å².